The van der Waals surface area contributed by atoms with Crippen LogP contribution in [0.15, 0.2) is 0 Å². The second-order valence-corrected chi connectivity index (χ2v) is 3.98. The van der Waals surface area contributed by atoms with Gasteiger partial charge >= 0.3 is 5.97 Å². The van der Waals surface area contributed by atoms with Crippen LogP contribution in [0.4, 0.5) is 0 Å². The maximum Gasteiger partial charge on any atom is 0.320 e. The second kappa shape index (κ2) is 5.85. The van der Waals surface area contributed by atoms with Crippen LogP contribution in [-0.2, 0) is 14.3 Å². The molecule has 1 aliphatic heterocycles. The minimum Gasteiger partial charge on any atom is -0.465 e. The van der Waals surface area contributed by atoms with Gasteiger partial charge in [-0.15, -0.1) is 0 Å². The summed E-state index contributed by atoms with van der Waals surface area (Å²) in [5, 5.41) is 0. The van der Waals surface area contributed by atoms with Gasteiger partial charge in [-0.2, -0.15) is 0 Å². The molecule has 0 aliphatic carbocycles. The van der Waals surface area contributed by atoms with Gasteiger partial charge in [0.15, 0.2) is 0 Å². The molecule has 4 nitrogen and oxygen atoms in total. The Morgan fingerprint density at radius 2 is 2.20 bits per heavy atom. The number of hydrogen-bond acceptors (Lipinski definition) is 4. The van der Waals surface area contributed by atoms with Gasteiger partial charge in [0.05, 0.1) is 13.2 Å². The van der Waals surface area contributed by atoms with E-state index in [1.807, 2.05) is 0 Å². The fourth-order valence-corrected chi connectivity index (χ4v) is 2.04. The largest absolute Gasteiger partial charge is 0.465 e. The van der Waals surface area contributed by atoms with Gasteiger partial charge in [0, 0.05) is 12.5 Å². The lowest BCUT2D eigenvalue weighted by atomic mass is 10.1. The molecule has 0 N–H and O–H groups in total. The van der Waals surface area contributed by atoms with Crippen LogP contribution in [0.2, 0.25) is 0 Å². The number of ether oxygens (including phenoxy) is 1. The van der Waals surface area contributed by atoms with E-state index >= 15 is 0 Å². The Kier molecular flexibility index (Phi) is 4.75. The molecule has 0 radical (unpaired) electrons. The summed E-state index contributed by atoms with van der Waals surface area (Å²) in [6.45, 7) is 5.04. The highest BCUT2D eigenvalue weighted by Crippen LogP contribution is 2.19. The maximum atomic E-state index is 11.3. The van der Waals surface area contributed by atoms with E-state index in [1.54, 1.807) is 13.8 Å². The first-order chi connectivity index (χ1) is 7.13. The van der Waals surface area contributed by atoms with Crippen LogP contribution in [0, 0.1) is 0 Å². The maximum absolute atomic E-state index is 11.3. The van der Waals surface area contributed by atoms with Crippen molar-refractivity contribution in [1.29, 1.82) is 0 Å². The number of esters is 1. The zero-order chi connectivity index (χ0) is 11.3. The van der Waals surface area contributed by atoms with E-state index in [0.29, 0.717) is 19.6 Å². The predicted octanol–water partition coefficient (Wildman–Crippen LogP) is 0.993. The average Bonchev–Trinajstić information content (AvgIpc) is 2.52. The lowest BCUT2D eigenvalue weighted by Gasteiger charge is -2.22. The van der Waals surface area contributed by atoms with Crippen LogP contribution in [0.1, 0.15) is 33.1 Å². The molecule has 0 aromatic heterocycles. The molecule has 1 unspecified atom stereocenters. The SMILES string of the molecule is CCOC(=O)CN1CCCC1CC(C)=O. The van der Waals surface area contributed by atoms with Gasteiger partial charge in [-0.05, 0) is 33.2 Å². The highest BCUT2D eigenvalue weighted by Gasteiger charge is 2.27. The van der Waals surface area contributed by atoms with Crippen molar-refractivity contribution in [3.8, 4) is 0 Å². The molecule has 0 aromatic carbocycles. The molecule has 0 amide bonds. The normalized spacial score (nSPS) is 21.6. The summed E-state index contributed by atoms with van der Waals surface area (Å²) in [6, 6.07) is 0.243. The van der Waals surface area contributed by atoms with Gasteiger partial charge in [-0.3, -0.25) is 14.5 Å². The molecule has 1 atom stereocenters. The third-order valence-corrected chi connectivity index (χ3v) is 2.66. The molecular weight excluding hydrogens is 194 g/mol. The summed E-state index contributed by atoms with van der Waals surface area (Å²) in [6.07, 6.45) is 2.63. The Balaban J connectivity index is 2.39. The number of Topliss-reactive ketones (excluding diaryl/α,β-unsaturated/α-hetero) is 1. The summed E-state index contributed by atoms with van der Waals surface area (Å²) in [5.74, 6) is 0.00344. The Bertz CT molecular complexity index is 240. The van der Waals surface area contributed by atoms with E-state index in [4.69, 9.17) is 4.74 Å². The van der Waals surface area contributed by atoms with Crippen molar-refractivity contribution in [3.63, 3.8) is 0 Å². The van der Waals surface area contributed by atoms with Gasteiger partial charge < -0.3 is 4.74 Å². The van der Waals surface area contributed by atoms with E-state index in [9.17, 15) is 9.59 Å². The Labute approximate surface area is 90.6 Å². The van der Waals surface area contributed by atoms with Crippen molar-refractivity contribution in [2.24, 2.45) is 0 Å². The first kappa shape index (κ1) is 12.2. The van der Waals surface area contributed by atoms with Crippen LogP contribution in [0.5, 0.6) is 0 Å². The topological polar surface area (TPSA) is 46.6 Å². The molecule has 0 bridgehead atoms. The van der Waals surface area contributed by atoms with Gasteiger partial charge in [0.25, 0.3) is 0 Å². The van der Waals surface area contributed by atoms with E-state index in [-0.39, 0.29) is 17.8 Å². The Hall–Kier alpha value is -0.900. The van der Waals surface area contributed by atoms with Gasteiger partial charge in [-0.1, -0.05) is 0 Å². The summed E-state index contributed by atoms with van der Waals surface area (Å²) in [5.41, 5.74) is 0. The van der Waals surface area contributed by atoms with Crippen LogP contribution in [-0.4, -0.2) is 42.4 Å². The second-order valence-electron chi connectivity index (χ2n) is 3.98. The zero-order valence-electron chi connectivity index (χ0n) is 9.49. The minimum absolute atomic E-state index is 0.187. The first-order valence-electron chi connectivity index (χ1n) is 5.52. The molecule has 0 aromatic rings. The third-order valence-electron chi connectivity index (χ3n) is 2.66. The number of nitrogens with zero attached hydrogens (tertiary/aromatic N) is 1. The van der Waals surface area contributed by atoms with Crippen molar-refractivity contribution in [2.75, 3.05) is 19.7 Å². The summed E-state index contributed by atoms with van der Waals surface area (Å²) in [7, 11) is 0. The summed E-state index contributed by atoms with van der Waals surface area (Å²) < 4.78 is 4.89. The quantitative estimate of drug-likeness (QED) is 0.639. The number of hydrogen-bond donors (Lipinski definition) is 0. The first-order valence-corrected chi connectivity index (χ1v) is 5.52. The number of carbonyl (C=O) groups is 2. The molecule has 1 fully saturated rings. The van der Waals surface area contributed by atoms with Gasteiger partial charge in [0.2, 0.25) is 0 Å². The smallest absolute Gasteiger partial charge is 0.320 e. The van der Waals surface area contributed by atoms with Gasteiger partial charge in [0.1, 0.15) is 5.78 Å². The minimum atomic E-state index is -0.187. The van der Waals surface area contributed by atoms with Crippen molar-refractivity contribution in [1.82, 2.24) is 4.90 Å². The van der Waals surface area contributed by atoms with E-state index in [2.05, 4.69) is 4.90 Å². The monoisotopic (exact) mass is 213 g/mol. The van der Waals surface area contributed by atoms with Crippen molar-refractivity contribution in [3.05, 3.63) is 0 Å². The number of ketones is 1. The molecule has 0 spiro atoms. The Morgan fingerprint density at radius 3 is 2.80 bits per heavy atom. The van der Waals surface area contributed by atoms with Crippen molar-refractivity contribution < 1.29 is 14.3 Å². The molecule has 1 rings (SSSR count). The highest BCUT2D eigenvalue weighted by molar-refractivity contribution is 5.76. The fraction of sp³-hybridized carbons (Fsp3) is 0.818. The van der Waals surface area contributed by atoms with Crippen molar-refractivity contribution in [2.45, 2.75) is 39.2 Å². The number of rotatable bonds is 5. The van der Waals surface area contributed by atoms with Crippen LogP contribution < -0.4 is 0 Å². The molecule has 1 aliphatic rings. The average molecular weight is 213 g/mol. The third kappa shape index (κ3) is 4.00. The molecule has 0 saturated carbocycles. The lowest BCUT2D eigenvalue weighted by Crippen LogP contribution is -2.36. The number of likely N-dealkylation sites (tertiary alicyclic amines) is 1. The fourth-order valence-electron chi connectivity index (χ4n) is 2.04. The number of carbonyl (C=O) groups excluding carboxylic acids is 2. The molecule has 86 valence electrons. The Morgan fingerprint density at radius 1 is 1.47 bits per heavy atom. The van der Waals surface area contributed by atoms with Crippen LogP contribution in [0.3, 0.4) is 0 Å². The van der Waals surface area contributed by atoms with E-state index in [1.165, 1.54) is 0 Å². The highest BCUT2D eigenvalue weighted by atomic mass is 16.5. The molecule has 15 heavy (non-hydrogen) atoms. The van der Waals surface area contributed by atoms with E-state index in [0.717, 1.165) is 19.4 Å². The van der Waals surface area contributed by atoms with E-state index < -0.39 is 0 Å². The predicted molar refractivity (Wildman–Crippen MR) is 56.5 cm³/mol. The molecule has 4 heteroatoms. The summed E-state index contributed by atoms with van der Waals surface area (Å²) in [4.78, 5) is 24.4. The van der Waals surface area contributed by atoms with Gasteiger partial charge in [-0.25, -0.2) is 0 Å². The summed E-state index contributed by atoms with van der Waals surface area (Å²) >= 11 is 0. The molecule has 1 saturated heterocycles. The molecule has 1 heterocycles. The van der Waals surface area contributed by atoms with Crippen molar-refractivity contribution >= 4 is 11.8 Å². The molecular formula is C11H19NO3. The van der Waals surface area contributed by atoms with Crippen LogP contribution in [0.25, 0.3) is 0 Å². The van der Waals surface area contributed by atoms with Crippen LogP contribution >= 0.6 is 0 Å². The standard InChI is InChI=1S/C11H19NO3/c1-3-15-11(14)8-12-6-4-5-10(12)7-9(2)13/h10H,3-8H2,1-2H3. The zero-order valence-corrected chi connectivity index (χ0v) is 9.49. The lowest BCUT2D eigenvalue weighted by molar-refractivity contribution is -0.145.